The number of methoxy groups -OCH3 is 1. The fourth-order valence-electron chi connectivity index (χ4n) is 2.37. The summed E-state index contributed by atoms with van der Waals surface area (Å²) in [6, 6.07) is 11.7. The fraction of sp³-hybridized carbons (Fsp3) is 0.176. The zero-order valence-electron chi connectivity index (χ0n) is 12.3. The first-order chi connectivity index (χ1) is 11.1. The lowest BCUT2D eigenvalue weighted by Gasteiger charge is -2.24. The largest absolute Gasteiger partial charge is 0.497 e. The molecule has 2 aromatic rings. The molecule has 3 rings (SSSR count). The third kappa shape index (κ3) is 3.29. The Balaban J connectivity index is 1.76. The molecule has 0 unspecified atom stereocenters. The van der Waals surface area contributed by atoms with Crippen LogP contribution in [0.5, 0.6) is 11.5 Å². The SMILES string of the molecule is COc1cccc(NC(=O)[C@H]2CC(=O)c3cc(Cl)ccc3O2)c1. The van der Waals surface area contributed by atoms with E-state index in [-0.39, 0.29) is 18.1 Å². The van der Waals surface area contributed by atoms with Gasteiger partial charge < -0.3 is 14.8 Å². The van der Waals surface area contributed by atoms with Crippen molar-refractivity contribution >= 4 is 29.0 Å². The molecule has 1 amide bonds. The van der Waals surface area contributed by atoms with Gasteiger partial charge in [0.05, 0.1) is 19.1 Å². The van der Waals surface area contributed by atoms with Crippen LogP contribution in [0.4, 0.5) is 5.69 Å². The third-order valence-electron chi connectivity index (χ3n) is 3.51. The van der Waals surface area contributed by atoms with Gasteiger partial charge in [0.15, 0.2) is 11.9 Å². The first-order valence-corrected chi connectivity index (χ1v) is 7.39. The number of benzene rings is 2. The Morgan fingerprint density at radius 3 is 2.91 bits per heavy atom. The third-order valence-corrected chi connectivity index (χ3v) is 3.75. The van der Waals surface area contributed by atoms with Gasteiger partial charge in [-0.05, 0) is 30.3 Å². The highest BCUT2D eigenvalue weighted by atomic mass is 35.5. The predicted octanol–water partition coefficient (Wildman–Crippen LogP) is 3.32. The molecule has 118 valence electrons. The number of anilines is 1. The molecular weight excluding hydrogens is 318 g/mol. The maximum atomic E-state index is 12.3. The maximum Gasteiger partial charge on any atom is 0.265 e. The second kappa shape index (κ2) is 6.30. The molecule has 0 fully saturated rings. The highest BCUT2D eigenvalue weighted by Gasteiger charge is 2.31. The molecule has 0 saturated heterocycles. The predicted molar refractivity (Wildman–Crippen MR) is 86.4 cm³/mol. The van der Waals surface area contributed by atoms with Gasteiger partial charge in [-0.2, -0.15) is 0 Å². The van der Waals surface area contributed by atoms with Crippen LogP contribution in [-0.2, 0) is 4.79 Å². The number of ketones is 1. The zero-order valence-corrected chi connectivity index (χ0v) is 13.1. The van der Waals surface area contributed by atoms with Crippen LogP contribution in [-0.4, -0.2) is 24.9 Å². The molecule has 0 bridgehead atoms. The summed E-state index contributed by atoms with van der Waals surface area (Å²) in [5.74, 6) is 0.451. The highest BCUT2D eigenvalue weighted by Crippen LogP contribution is 2.30. The number of rotatable bonds is 3. The normalized spacial score (nSPS) is 16.3. The molecule has 1 aliphatic rings. The van der Waals surface area contributed by atoms with Crippen LogP contribution < -0.4 is 14.8 Å². The Bertz CT molecular complexity index is 775. The van der Waals surface area contributed by atoms with Crippen LogP contribution in [0.25, 0.3) is 0 Å². The number of carbonyl (C=O) groups is 2. The molecular formula is C17H14ClNO4. The molecule has 0 aliphatic carbocycles. The van der Waals surface area contributed by atoms with E-state index in [2.05, 4.69) is 5.32 Å². The molecule has 1 N–H and O–H groups in total. The molecule has 2 aromatic carbocycles. The van der Waals surface area contributed by atoms with E-state index < -0.39 is 6.10 Å². The maximum absolute atomic E-state index is 12.3. The quantitative estimate of drug-likeness (QED) is 0.937. The Hall–Kier alpha value is -2.53. The lowest BCUT2D eigenvalue weighted by atomic mass is 10.0. The van der Waals surface area contributed by atoms with Crippen LogP contribution in [0.2, 0.25) is 5.02 Å². The number of Topliss-reactive ketones (excluding diaryl/α,β-unsaturated/α-hetero) is 1. The Morgan fingerprint density at radius 1 is 1.30 bits per heavy atom. The zero-order chi connectivity index (χ0) is 16.4. The van der Waals surface area contributed by atoms with Crippen molar-refractivity contribution in [3.63, 3.8) is 0 Å². The summed E-state index contributed by atoms with van der Waals surface area (Å²) in [5, 5.41) is 3.19. The molecule has 0 aromatic heterocycles. The van der Waals surface area contributed by atoms with Gasteiger partial charge >= 0.3 is 0 Å². The van der Waals surface area contributed by atoms with Crippen LogP contribution >= 0.6 is 11.6 Å². The summed E-state index contributed by atoms with van der Waals surface area (Å²) < 4.78 is 10.7. The van der Waals surface area contributed by atoms with E-state index >= 15 is 0 Å². The van der Waals surface area contributed by atoms with Gasteiger partial charge in [0.25, 0.3) is 5.91 Å². The van der Waals surface area contributed by atoms with E-state index in [0.29, 0.717) is 27.8 Å². The average Bonchev–Trinajstić information content (AvgIpc) is 2.55. The molecule has 0 radical (unpaired) electrons. The summed E-state index contributed by atoms with van der Waals surface area (Å²) >= 11 is 5.88. The fourth-order valence-corrected chi connectivity index (χ4v) is 2.54. The number of ether oxygens (including phenoxy) is 2. The van der Waals surface area contributed by atoms with E-state index in [1.807, 2.05) is 0 Å². The van der Waals surface area contributed by atoms with Crippen molar-refractivity contribution < 1.29 is 19.1 Å². The first-order valence-electron chi connectivity index (χ1n) is 7.01. The summed E-state index contributed by atoms with van der Waals surface area (Å²) in [5.41, 5.74) is 0.982. The molecule has 1 aliphatic heterocycles. The van der Waals surface area contributed by atoms with Crippen molar-refractivity contribution in [2.75, 3.05) is 12.4 Å². The lowest BCUT2D eigenvalue weighted by molar-refractivity contribution is -0.122. The highest BCUT2D eigenvalue weighted by molar-refractivity contribution is 6.31. The number of carbonyl (C=O) groups excluding carboxylic acids is 2. The van der Waals surface area contributed by atoms with Gasteiger partial charge in [-0.25, -0.2) is 0 Å². The molecule has 0 saturated carbocycles. The molecule has 1 atom stereocenters. The second-order valence-electron chi connectivity index (χ2n) is 5.10. The topological polar surface area (TPSA) is 64.6 Å². The number of halogens is 1. The van der Waals surface area contributed by atoms with Gasteiger partial charge in [-0.1, -0.05) is 17.7 Å². The minimum Gasteiger partial charge on any atom is -0.497 e. The smallest absolute Gasteiger partial charge is 0.265 e. The Labute approximate surface area is 138 Å². The minimum atomic E-state index is -0.873. The summed E-state index contributed by atoms with van der Waals surface area (Å²) in [4.78, 5) is 24.5. The van der Waals surface area contributed by atoms with Crippen molar-refractivity contribution in [1.82, 2.24) is 0 Å². The second-order valence-corrected chi connectivity index (χ2v) is 5.53. The van der Waals surface area contributed by atoms with E-state index in [4.69, 9.17) is 21.1 Å². The Kier molecular flexibility index (Phi) is 4.21. The van der Waals surface area contributed by atoms with Gasteiger partial charge in [0.1, 0.15) is 11.5 Å². The van der Waals surface area contributed by atoms with Crippen molar-refractivity contribution in [3.8, 4) is 11.5 Å². The Morgan fingerprint density at radius 2 is 2.13 bits per heavy atom. The molecule has 23 heavy (non-hydrogen) atoms. The van der Waals surface area contributed by atoms with Crippen molar-refractivity contribution in [2.24, 2.45) is 0 Å². The van der Waals surface area contributed by atoms with Crippen LogP contribution in [0.15, 0.2) is 42.5 Å². The van der Waals surface area contributed by atoms with Crippen LogP contribution in [0, 0.1) is 0 Å². The molecule has 6 heteroatoms. The number of amides is 1. The van der Waals surface area contributed by atoms with Crippen molar-refractivity contribution in [1.29, 1.82) is 0 Å². The summed E-state index contributed by atoms with van der Waals surface area (Å²) in [7, 11) is 1.55. The summed E-state index contributed by atoms with van der Waals surface area (Å²) in [6.07, 6.45) is -0.897. The molecule has 5 nitrogen and oxygen atoms in total. The number of hydrogen-bond donors (Lipinski definition) is 1. The molecule has 1 heterocycles. The monoisotopic (exact) mass is 331 g/mol. The van der Waals surface area contributed by atoms with E-state index in [0.717, 1.165) is 0 Å². The van der Waals surface area contributed by atoms with Crippen molar-refractivity contribution in [3.05, 3.63) is 53.1 Å². The number of fused-ring (bicyclic) bond motifs is 1. The van der Waals surface area contributed by atoms with E-state index in [1.54, 1.807) is 49.6 Å². The average molecular weight is 332 g/mol. The van der Waals surface area contributed by atoms with E-state index in [9.17, 15) is 9.59 Å². The number of hydrogen-bond acceptors (Lipinski definition) is 4. The van der Waals surface area contributed by atoms with E-state index in [1.165, 1.54) is 0 Å². The van der Waals surface area contributed by atoms with Crippen LogP contribution in [0.1, 0.15) is 16.8 Å². The van der Waals surface area contributed by atoms with Gasteiger partial charge in [-0.15, -0.1) is 0 Å². The van der Waals surface area contributed by atoms with Crippen LogP contribution in [0.3, 0.4) is 0 Å². The van der Waals surface area contributed by atoms with Gasteiger partial charge in [0, 0.05) is 16.8 Å². The lowest BCUT2D eigenvalue weighted by Crippen LogP contribution is -2.38. The van der Waals surface area contributed by atoms with Gasteiger partial charge in [-0.3, -0.25) is 9.59 Å². The minimum absolute atomic E-state index is 0.0247. The van der Waals surface area contributed by atoms with Crippen molar-refractivity contribution in [2.45, 2.75) is 12.5 Å². The van der Waals surface area contributed by atoms with Gasteiger partial charge in [0.2, 0.25) is 0 Å². The number of nitrogens with one attached hydrogen (secondary N) is 1. The first kappa shape index (κ1) is 15.4. The molecule has 0 spiro atoms. The standard InChI is InChI=1S/C17H14ClNO4/c1-22-12-4-2-3-11(8-12)19-17(21)16-9-14(20)13-7-10(18)5-6-15(13)23-16/h2-8,16H,9H2,1H3,(H,19,21)/t16-/m1/s1. The summed E-state index contributed by atoms with van der Waals surface area (Å²) in [6.45, 7) is 0.